The number of amides is 2. The molecule has 0 aliphatic heterocycles. The molecule has 1 aromatic rings. The molecule has 2 N–H and O–H groups in total. The van der Waals surface area contributed by atoms with E-state index in [1.54, 1.807) is 13.8 Å². The minimum Gasteiger partial charge on any atom is -0.346 e. The Kier molecular flexibility index (Phi) is 7.80. The monoisotopic (exact) mass is 367 g/mol. The van der Waals surface area contributed by atoms with Gasteiger partial charge < -0.3 is 5.32 Å². The predicted octanol–water partition coefficient (Wildman–Crippen LogP) is 2.79. The van der Waals surface area contributed by atoms with Crippen LogP contribution in [-0.4, -0.2) is 23.6 Å². The van der Waals surface area contributed by atoms with Crippen molar-refractivity contribution in [1.82, 2.24) is 10.7 Å². The van der Waals surface area contributed by atoms with Gasteiger partial charge in [0.15, 0.2) is 0 Å². The average molecular weight is 368 g/mol. The topological polar surface area (TPSA) is 70.6 Å². The number of hydrogen-bond donors (Lipinski definition) is 2. The van der Waals surface area contributed by atoms with E-state index < -0.39 is 11.8 Å². The zero-order valence-electron chi connectivity index (χ0n) is 13.1. The predicted molar refractivity (Wildman–Crippen MR) is 91.6 cm³/mol. The molecule has 0 atom stereocenters. The first-order chi connectivity index (χ1) is 10.4. The highest BCUT2D eigenvalue weighted by atomic mass is 79.9. The molecule has 0 aromatic heterocycles. The first kappa shape index (κ1) is 18.4. The fraction of sp³-hybridized carbons (Fsp3) is 0.438. The normalized spacial score (nSPS) is 11.4. The van der Waals surface area contributed by atoms with Gasteiger partial charge in [-0.25, -0.2) is 5.43 Å². The highest BCUT2D eigenvalue weighted by Crippen LogP contribution is 2.12. The van der Waals surface area contributed by atoms with Crippen molar-refractivity contribution in [2.24, 2.45) is 5.10 Å². The Bertz CT molecular complexity index is 539. The molecule has 0 spiro atoms. The maximum absolute atomic E-state index is 11.6. The number of benzene rings is 1. The van der Waals surface area contributed by atoms with Gasteiger partial charge in [-0.2, -0.15) is 5.10 Å². The van der Waals surface area contributed by atoms with Gasteiger partial charge in [-0.15, -0.1) is 0 Å². The van der Waals surface area contributed by atoms with E-state index in [1.807, 2.05) is 31.2 Å². The Balaban J connectivity index is 2.50. The number of carbonyl (C=O) groups is 2. The van der Waals surface area contributed by atoms with Gasteiger partial charge in [-0.05, 0) is 50.8 Å². The molecule has 2 amide bonds. The summed E-state index contributed by atoms with van der Waals surface area (Å²) < 4.78 is 1.05. The minimum atomic E-state index is -0.733. The zero-order valence-corrected chi connectivity index (χ0v) is 14.7. The molecule has 1 rings (SSSR count). The fourth-order valence-corrected chi connectivity index (χ4v) is 2.02. The average Bonchev–Trinajstić information content (AvgIpc) is 2.48. The number of hydrazone groups is 1. The van der Waals surface area contributed by atoms with Gasteiger partial charge in [0, 0.05) is 16.2 Å². The zero-order chi connectivity index (χ0) is 16.5. The van der Waals surface area contributed by atoms with E-state index in [9.17, 15) is 9.59 Å². The summed E-state index contributed by atoms with van der Waals surface area (Å²) in [6.45, 7) is 5.56. The van der Waals surface area contributed by atoms with E-state index in [0.29, 0.717) is 0 Å². The first-order valence-corrected chi connectivity index (χ1v) is 8.12. The van der Waals surface area contributed by atoms with Crippen LogP contribution in [-0.2, 0) is 16.0 Å². The van der Waals surface area contributed by atoms with Crippen LogP contribution in [0.3, 0.4) is 0 Å². The number of nitrogens with zero attached hydrogens (tertiary/aromatic N) is 1. The van der Waals surface area contributed by atoms with Gasteiger partial charge in [-0.3, -0.25) is 9.59 Å². The Morgan fingerprint density at radius 1 is 1.18 bits per heavy atom. The molecule has 120 valence electrons. The van der Waals surface area contributed by atoms with Crippen LogP contribution in [0.4, 0.5) is 0 Å². The summed E-state index contributed by atoms with van der Waals surface area (Å²) in [7, 11) is 0. The number of halogens is 1. The van der Waals surface area contributed by atoms with Crippen LogP contribution >= 0.6 is 15.9 Å². The lowest BCUT2D eigenvalue weighted by Crippen LogP contribution is -2.41. The summed E-state index contributed by atoms with van der Waals surface area (Å²) in [5, 5.41) is 6.57. The summed E-state index contributed by atoms with van der Waals surface area (Å²) in [6.07, 6.45) is 2.31. The highest BCUT2D eigenvalue weighted by Gasteiger charge is 2.13. The third kappa shape index (κ3) is 6.85. The van der Waals surface area contributed by atoms with Crippen molar-refractivity contribution in [3.05, 3.63) is 34.3 Å². The molecule has 0 saturated heterocycles. The lowest BCUT2D eigenvalue weighted by molar-refractivity contribution is -0.139. The maximum atomic E-state index is 11.6. The largest absolute Gasteiger partial charge is 0.346 e. The molecule has 0 aliphatic carbocycles. The molecular weight excluding hydrogens is 346 g/mol. The smallest absolute Gasteiger partial charge is 0.329 e. The van der Waals surface area contributed by atoms with Crippen molar-refractivity contribution in [3.8, 4) is 0 Å². The van der Waals surface area contributed by atoms with E-state index in [0.717, 1.165) is 29.4 Å². The highest BCUT2D eigenvalue weighted by molar-refractivity contribution is 9.10. The Morgan fingerprint density at radius 2 is 1.82 bits per heavy atom. The summed E-state index contributed by atoms with van der Waals surface area (Å²) in [5.74, 6) is -1.40. The van der Waals surface area contributed by atoms with Crippen LogP contribution in [0.2, 0.25) is 0 Å². The van der Waals surface area contributed by atoms with Crippen LogP contribution in [0.25, 0.3) is 0 Å². The second-order valence-electron chi connectivity index (χ2n) is 5.23. The van der Waals surface area contributed by atoms with E-state index in [1.165, 1.54) is 5.56 Å². The molecule has 0 fully saturated rings. The Labute approximate surface area is 139 Å². The first-order valence-electron chi connectivity index (χ1n) is 7.33. The third-order valence-corrected chi connectivity index (χ3v) is 3.49. The Hall–Kier alpha value is -1.69. The van der Waals surface area contributed by atoms with Crippen molar-refractivity contribution < 1.29 is 9.59 Å². The molecule has 0 heterocycles. The van der Waals surface area contributed by atoms with Crippen molar-refractivity contribution in [2.75, 3.05) is 0 Å². The molecule has 5 nitrogen and oxygen atoms in total. The number of rotatable bonds is 6. The van der Waals surface area contributed by atoms with E-state index in [2.05, 4.69) is 31.8 Å². The van der Waals surface area contributed by atoms with Crippen molar-refractivity contribution in [3.63, 3.8) is 0 Å². The van der Waals surface area contributed by atoms with Gasteiger partial charge in [0.1, 0.15) is 0 Å². The lowest BCUT2D eigenvalue weighted by atomic mass is 10.1. The van der Waals surface area contributed by atoms with Crippen LogP contribution in [0.5, 0.6) is 0 Å². The summed E-state index contributed by atoms with van der Waals surface area (Å²) in [4.78, 5) is 23.0. The van der Waals surface area contributed by atoms with E-state index in [-0.39, 0.29) is 6.04 Å². The van der Waals surface area contributed by atoms with Crippen molar-refractivity contribution in [2.45, 2.75) is 46.1 Å². The van der Waals surface area contributed by atoms with Crippen LogP contribution < -0.4 is 10.7 Å². The van der Waals surface area contributed by atoms with E-state index >= 15 is 0 Å². The standard InChI is InChI=1S/C16H22BrN3O2/c1-4-14(10-7-12-5-8-13(17)9-6-12)19-20-16(22)15(21)18-11(2)3/h5-6,8-9,11H,4,7,10H2,1-3H3,(H,18,21)(H,20,22)/b19-14+. The number of hydrogen-bond acceptors (Lipinski definition) is 3. The number of nitrogens with one attached hydrogen (secondary N) is 2. The second-order valence-corrected chi connectivity index (χ2v) is 6.14. The summed E-state index contributed by atoms with van der Waals surface area (Å²) in [6, 6.07) is 8.01. The fourth-order valence-electron chi connectivity index (χ4n) is 1.76. The van der Waals surface area contributed by atoms with Crippen molar-refractivity contribution in [1.29, 1.82) is 0 Å². The molecule has 6 heteroatoms. The van der Waals surface area contributed by atoms with Crippen LogP contribution in [0, 0.1) is 0 Å². The molecule has 0 saturated carbocycles. The summed E-state index contributed by atoms with van der Waals surface area (Å²) in [5.41, 5.74) is 4.37. The second kappa shape index (κ2) is 9.35. The maximum Gasteiger partial charge on any atom is 0.329 e. The van der Waals surface area contributed by atoms with Crippen LogP contribution in [0.1, 0.15) is 39.2 Å². The van der Waals surface area contributed by atoms with Gasteiger partial charge in [0.25, 0.3) is 0 Å². The van der Waals surface area contributed by atoms with Gasteiger partial charge in [-0.1, -0.05) is 35.0 Å². The number of carbonyl (C=O) groups excluding carboxylic acids is 2. The molecule has 0 aliphatic rings. The van der Waals surface area contributed by atoms with Gasteiger partial charge in [0.05, 0.1) is 0 Å². The Morgan fingerprint density at radius 3 is 2.36 bits per heavy atom. The molecule has 22 heavy (non-hydrogen) atoms. The quantitative estimate of drug-likeness (QED) is 0.461. The minimum absolute atomic E-state index is 0.0784. The third-order valence-electron chi connectivity index (χ3n) is 2.97. The number of aryl methyl sites for hydroxylation is 1. The molecule has 0 radical (unpaired) electrons. The van der Waals surface area contributed by atoms with Crippen LogP contribution in [0.15, 0.2) is 33.8 Å². The van der Waals surface area contributed by atoms with Gasteiger partial charge >= 0.3 is 11.8 Å². The SMILES string of the molecule is CC/C(CCc1ccc(Br)cc1)=N\NC(=O)C(=O)NC(C)C. The van der Waals surface area contributed by atoms with E-state index in [4.69, 9.17) is 0 Å². The molecular formula is C16H22BrN3O2. The summed E-state index contributed by atoms with van der Waals surface area (Å²) >= 11 is 3.40. The van der Waals surface area contributed by atoms with Gasteiger partial charge in [0.2, 0.25) is 0 Å². The molecule has 1 aromatic carbocycles. The molecule has 0 unspecified atom stereocenters. The lowest BCUT2D eigenvalue weighted by Gasteiger charge is -2.08. The van der Waals surface area contributed by atoms with Crippen molar-refractivity contribution >= 4 is 33.5 Å². The molecule has 0 bridgehead atoms.